The molecule has 0 saturated heterocycles. The molecule has 0 saturated carbocycles. The Hall–Kier alpha value is -0.810. The van der Waals surface area contributed by atoms with Crippen LogP contribution in [0.25, 0.3) is 0 Å². The highest BCUT2D eigenvalue weighted by Crippen LogP contribution is 2.32. The van der Waals surface area contributed by atoms with E-state index in [1.807, 2.05) is 6.92 Å². The summed E-state index contributed by atoms with van der Waals surface area (Å²) in [6, 6.07) is 3.25. The molecule has 1 N–H and O–H groups in total. The minimum Gasteiger partial charge on any atom is -0.319 e. The normalized spacial score (nSPS) is 10.4. The fourth-order valence-corrected chi connectivity index (χ4v) is 2.93. The molecule has 3 nitrogen and oxygen atoms in total. The van der Waals surface area contributed by atoms with Gasteiger partial charge in [0.25, 0.3) is 5.91 Å². The molecular formula is C11H7Cl3N2OS. The molecule has 0 bridgehead atoms. The van der Waals surface area contributed by atoms with Crippen LogP contribution in [-0.4, -0.2) is 10.9 Å². The Morgan fingerprint density at radius 3 is 2.67 bits per heavy atom. The van der Waals surface area contributed by atoms with Crippen LogP contribution in [0.3, 0.4) is 0 Å². The summed E-state index contributed by atoms with van der Waals surface area (Å²) in [5, 5.41) is 2.88. The van der Waals surface area contributed by atoms with Crippen molar-refractivity contribution in [3.63, 3.8) is 0 Å². The third kappa shape index (κ3) is 2.95. The van der Waals surface area contributed by atoms with Gasteiger partial charge in [0.05, 0.1) is 15.6 Å². The van der Waals surface area contributed by atoms with Crippen LogP contribution in [0, 0.1) is 6.92 Å². The molecule has 0 aliphatic rings. The predicted octanol–water partition coefficient (Wildman–Crippen LogP) is 4.66. The number of rotatable bonds is 2. The molecule has 0 spiro atoms. The monoisotopic (exact) mass is 320 g/mol. The highest BCUT2D eigenvalue weighted by molar-refractivity contribution is 7.20. The Balaban J connectivity index is 2.26. The molecule has 0 aliphatic carbocycles. The van der Waals surface area contributed by atoms with Gasteiger partial charge in [-0.1, -0.05) is 34.8 Å². The second-order valence-electron chi connectivity index (χ2n) is 3.54. The van der Waals surface area contributed by atoms with Crippen LogP contribution in [0.4, 0.5) is 5.69 Å². The second-order valence-corrected chi connectivity index (χ2v) is 6.19. The number of halogens is 3. The van der Waals surface area contributed by atoms with Crippen LogP contribution in [-0.2, 0) is 0 Å². The molecule has 7 heteroatoms. The van der Waals surface area contributed by atoms with Gasteiger partial charge in [-0.15, -0.1) is 11.3 Å². The number of aryl methyl sites for hydroxylation is 1. The third-order valence-electron chi connectivity index (χ3n) is 2.13. The topological polar surface area (TPSA) is 42.0 Å². The lowest BCUT2D eigenvalue weighted by molar-refractivity contribution is 0.102. The predicted molar refractivity (Wildman–Crippen MR) is 76.3 cm³/mol. The van der Waals surface area contributed by atoms with Gasteiger partial charge in [0.15, 0.2) is 5.15 Å². The highest BCUT2D eigenvalue weighted by atomic mass is 35.5. The molecule has 0 radical (unpaired) electrons. The summed E-state index contributed by atoms with van der Waals surface area (Å²) < 4.78 is 0.799. The zero-order valence-corrected chi connectivity index (χ0v) is 12.2. The molecule has 0 aliphatic heterocycles. The Morgan fingerprint density at radius 1 is 1.33 bits per heavy atom. The van der Waals surface area contributed by atoms with Crippen LogP contribution in [0.1, 0.15) is 15.9 Å². The Morgan fingerprint density at radius 2 is 2.06 bits per heavy atom. The van der Waals surface area contributed by atoms with E-state index in [4.69, 9.17) is 34.8 Å². The van der Waals surface area contributed by atoms with Crippen LogP contribution < -0.4 is 5.32 Å². The number of nitrogens with zero attached hydrogens (tertiary/aromatic N) is 1. The first-order valence-electron chi connectivity index (χ1n) is 4.85. The lowest BCUT2D eigenvalue weighted by atomic mass is 10.2. The number of hydrogen-bond acceptors (Lipinski definition) is 3. The molecule has 0 unspecified atom stereocenters. The van der Waals surface area contributed by atoms with Crippen LogP contribution >= 0.6 is 46.1 Å². The molecule has 2 rings (SSSR count). The van der Waals surface area contributed by atoms with Gasteiger partial charge in [-0.05, 0) is 24.6 Å². The summed E-state index contributed by atoms with van der Waals surface area (Å²) >= 11 is 18.7. The van der Waals surface area contributed by atoms with Crippen LogP contribution in [0.5, 0.6) is 0 Å². The number of pyridine rings is 1. The van der Waals surface area contributed by atoms with Crippen molar-refractivity contribution in [1.29, 1.82) is 0 Å². The van der Waals surface area contributed by atoms with Crippen LogP contribution in [0.2, 0.25) is 13.8 Å². The van der Waals surface area contributed by atoms with E-state index in [1.165, 1.54) is 6.07 Å². The van der Waals surface area contributed by atoms with Gasteiger partial charge in [-0.3, -0.25) is 4.79 Å². The molecule has 0 fully saturated rings. The lowest BCUT2D eigenvalue weighted by Gasteiger charge is -2.06. The van der Waals surface area contributed by atoms with E-state index in [1.54, 1.807) is 12.3 Å². The number of nitrogens with one attached hydrogen (secondary N) is 1. The molecule has 2 aromatic heterocycles. The largest absolute Gasteiger partial charge is 0.319 e. The van der Waals surface area contributed by atoms with E-state index in [0.717, 1.165) is 16.9 Å². The van der Waals surface area contributed by atoms with Crippen LogP contribution in [0.15, 0.2) is 18.3 Å². The summed E-state index contributed by atoms with van der Waals surface area (Å²) in [4.78, 5) is 15.9. The number of anilines is 1. The minimum absolute atomic E-state index is 0.228. The summed E-state index contributed by atoms with van der Waals surface area (Å²) in [5.74, 6) is -0.363. The van der Waals surface area contributed by atoms with Crippen molar-refractivity contribution in [2.24, 2.45) is 0 Å². The molecule has 2 aromatic rings. The first-order chi connectivity index (χ1) is 8.47. The van der Waals surface area contributed by atoms with Crippen molar-refractivity contribution in [2.45, 2.75) is 6.92 Å². The van der Waals surface area contributed by atoms with E-state index < -0.39 is 0 Å². The SMILES string of the molecule is Cc1cnc(Cl)c(NC(=O)c2cc(Cl)sc2Cl)c1. The van der Waals surface area contributed by atoms with Gasteiger partial charge in [-0.25, -0.2) is 4.98 Å². The molecule has 2 heterocycles. The number of amides is 1. The highest BCUT2D eigenvalue weighted by Gasteiger charge is 2.15. The first kappa shape index (κ1) is 13.6. The fourth-order valence-electron chi connectivity index (χ4n) is 1.32. The number of carbonyl (C=O) groups is 1. The van der Waals surface area contributed by atoms with Gasteiger partial charge in [0.1, 0.15) is 4.34 Å². The summed E-state index contributed by atoms with van der Waals surface area (Å²) in [7, 11) is 0. The summed E-state index contributed by atoms with van der Waals surface area (Å²) in [6.45, 7) is 1.85. The van der Waals surface area contributed by atoms with Crippen molar-refractivity contribution in [1.82, 2.24) is 4.98 Å². The molecule has 0 atom stereocenters. The van der Waals surface area contributed by atoms with E-state index in [-0.39, 0.29) is 11.1 Å². The number of aromatic nitrogens is 1. The molecular weight excluding hydrogens is 315 g/mol. The standard InChI is InChI=1S/C11H7Cl3N2OS/c1-5-2-7(9(13)15-4-5)16-11(17)6-3-8(12)18-10(6)14/h2-4H,1H3,(H,16,17). The first-order valence-corrected chi connectivity index (χ1v) is 6.80. The molecule has 18 heavy (non-hydrogen) atoms. The van der Waals surface area contributed by atoms with Crippen molar-refractivity contribution >= 4 is 57.7 Å². The number of thiophene rings is 1. The Bertz CT molecular complexity index is 612. The average molecular weight is 322 g/mol. The lowest BCUT2D eigenvalue weighted by Crippen LogP contribution is -2.12. The molecule has 94 valence electrons. The van der Waals surface area contributed by atoms with E-state index in [2.05, 4.69) is 10.3 Å². The minimum atomic E-state index is -0.363. The van der Waals surface area contributed by atoms with Crippen molar-refractivity contribution in [3.8, 4) is 0 Å². The van der Waals surface area contributed by atoms with Crippen molar-refractivity contribution < 1.29 is 4.79 Å². The van der Waals surface area contributed by atoms with Crippen molar-refractivity contribution in [3.05, 3.63) is 43.3 Å². The third-order valence-corrected chi connectivity index (χ3v) is 3.91. The van der Waals surface area contributed by atoms with Gasteiger partial charge in [-0.2, -0.15) is 0 Å². The summed E-state index contributed by atoms with van der Waals surface area (Å²) in [6.07, 6.45) is 1.62. The second kappa shape index (κ2) is 5.45. The smallest absolute Gasteiger partial charge is 0.258 e. The quantitative estimate of drug-likeness (QED) is 0.817. The van der Waals surface area contributed by atoms with Crippen molar-refractivity contribution in [2.75, 3.05) is 5.32 Å². The maximum absolute atomic E-state index is 12.0. The van der Waals surface area contributed by atoms with E-state index in [0.29, 0.717) is 19.9 Å². The summed E-state index contributed by atoms with van der Waals surface area (Å²) in [5.41, 5.74) is 1.66. The fraction of sp³-hybridized carbons (Fsp3) is 0.0909. The maximum atomic E-state index is 12.0. The number of hydrogen-bond donors (Lipinski definition) is 1. The Kier molecular flexibility index (Phi) is 4.12. The van der Waals surface area contributed by atoms with Gasteiger partial charge in [0, 0.05) is 6.20 Å². The molecule has 0 aromatic carbocycles. The zero-order chi connectivity index (χ0) is 13.3. The average Bonchev–Trinajstić information content (AvgIpc) is 2.63. The van der Waals surface area contributed by atoms with Gasteiger partial charge >= 0.3 is 0 Å². The zero-order valence-electron chi connectivity index (χ0n) is 9.13. The Labute approximate surface area is 123 Å². The molecule has 1 amide bonds. The van der Waals surface area contributed by atoms with E-state index in [9.17, 15) is 4.79 Å². The maximum Gasteiger partial charge on any atom is 0.258 e. The van der Waals surface area contributed by atoms with E-state index >= 15 is 0 Å². The number of carbonyl (C=O) groups excluding carboxylic acids is 1. The van der Waals surface area contributed by atoms with Gasteiger partial charge < -0.3 is 5.32 Å². The van der Waals surface area contributed by atoms with Gasteiger partial charge in [0.2, 0.25) is 0 Å².